The molecule has 0 heterocycles. The smallest absolute Gasteiger partial charge is 0.303 e. The Bertz CT molecular complexity index is 568. The maximum Gasteiger partial charge on any atom is 0.303 e. The van der Waals surface area contributed by atoms with E-state index in [0.29, 0.717) is 23.7 Å². The maximum atomic E-state index is 12.4. The van der Waals surface area contributed by atoms with E-state index in [1.165, 1.54) is 19.3 Å². The topological polar surface area (TPSA) is 80.4 Å². The van der Waals surface area contributed by atoms with Crippen LogP contribution in [0.25, 0.3) is 0 Å². The lowest BCUT2D eigenvalue weighted by atomic mass is 9.31. The second kappa shape index (κ2) is 4.28. The molecule has 0 aromatic heterocycles. The highest BCUT2D eigenvalue weighted by atomic mass is 16.6. The molecule has 23 heavy (non-hydrogen) atoms. The van der Waals surface area contributed by atoms with E-state index in [9.17, 15) is 20.0 Å². The molecule has 126 valence electrons. The van der Waals surface area contributed by atoms with Crippen molar-refractivity contribution in [3.05, 3.63) is 10.1 Å². The number of rotatable bonds is 4. The van der Waals surface area contributed by atoms with E-state index in [0.717, 1.165) is 24.7 Å². The summed E-state index contributed by atoms with van der Waals surface area (Å²) in [7, 11) is 0. The van der Waals surface area contributed by atoms with Crippen LogP contribution in [0.5, 0.6) is 0 Å². The van der Waals surface area contributed by atoms with Crippen LogP contribution >= 0.6 is 0 Å². The Morgan fingerprint density at radius 1 is 1.13 bits per heavy atom. The molecule has 0 aromatic carbocycles. The van der Waals surface area contributed by atoms with Gasteiger partial charge in [0.25, 0.3) is 0 Å². The molecule has 1 N–H and O–H groups in total. The molecule has 0 spiro atoms. The standard InChI is InChI=1S/C18H25NO4/c1-8(2-16(20)21)18(19(22)23)10-6-12-11-3-9-4-14(12)17(18)15(5-9)13(11)7-10/h8-15,17H,2-7H2,1H3,(H,20,21). The second-order valence-corrected chi connectivity index (χ2v) is 9.23. The number of carboxylic acids is 1. The minimum absolute atomic E-state index is 0.00929. The summed E-state index contributed by atoms with van der Waals surface area (Å²) in [5.74, 6) is 3.09. The van der Waals surface area contributed by atoms with Crippen LogP contribution in [0.4, 0.5) is 0 Å². The molecule has 6 atom stereocenters. The number of nitro groups is 1. The van der Waals surface area contributed by atoms with Gasteiger partial charge in [-0.15, -0.1) is 0 Å². The average Bonchev–Trinajstić information content (AvgIpc) is 2.49. The van der Waals surface area contributed by atoms with Gasteiger partial charge in [-0.2, -0.15) is 0 Å². The summed E-state index contributed by atoms with van der Waals surface area (Å²) in [5.41, 5.74) is -0.964. The van der Waals surface area contributed by atoms with Gasteiger partial charge in [-0.3, -0.25) is 14.9 Å². The van der Waals surface area contributed by atoms with Crippen LogP contribution in [-0.2, 0) is 4.79 Å². The monoisotopic (exact) mass is 319 g/mol. The van der Waals surface area contributed by atoms with Crippen molar-refractivity contribution < 1.29 is 14.8 Å². The van der Waals surface area contributed by atoms with Crippen LogP contribution in [0.15, 0.2) is 0 Å². The average molecular weight is 319 g/mol. The first-order valence-electron chi connectivity index (χ1n) is 9.30. The Hall–Kier alpha value is -1.13. The molecular formula is C18H25NO4. The number of carboxylic acid groups (broad SMARTS) is 1. The summed E-state index contributed by atoms with van der Waals surface area (Å²) in [6, 6.07) is 0. The molecule has 0 saturated heterocycles. The van der Waals surface area contributed by atoms with Crippen molar-refractivity contribution in [1.82, 2.24) is 0 Å². The maximum absolute atomic E-state index is 12.4. The fraction of sp³-hybridized carbons (Fsp3) is 0.944. The fourth-order valence-corrected chi connectivity index (χ4v) is 8.63. The first-order valence-corrected chi connectivity index (χ1v) is 9.30. The molecular weight excluding hydrogens is 294 g/mol. The summed E-state index contributed by atoms with van der Waals surface area (Å²) in [6.07, 6.45) is 5.65. The summed E-state index contributed by atoms with van der Waals surface area (Å²) in [5, 5.41) is 21.6. The first-order chi connectivity index (χ1) is 10.9. The van der Waals surface area contributed by atoms with Gasteiger partial charge in [-0.25, -0.2) is 0 Å². The molecule has 7 fully saturated rings. The first kappa shape index (κ1) is 14.2. The van der Waals surface area contributed by atoms with Gasteiger partial charge in [0.2, 0.25) is 5.54 Å². The van der Waals surface area contributed by atoms with Crippen molar-refractivity contribution in [1.29, 1.82) is 0 Å². The van der Waals surface area contributed by atoms with Gasteiger partial charge >= 0.3 is 5.97 Å². The van der Waals surface area contributed by atoms with E-state index >= 15 is 0 Å². The van der Waals surface area contributed by atoms with Gasteiger partial charge in [0.05, 0.1) is 6.42 Å². The molecule has 7 aliphatic rings. The molecule has 5 heteroatoms. The van der Waals surface area contributed by atoms with E-state index in [2.05, 4.69) is 0 Å². The minimum atomic E-state index is -0.964. The van der Waals surface area contributed by atoms with Crippen molar-refractivity contribution in [3.8, 4) is 0 Å². The van der Waals surface area contributed by atoms with E-state index in [4.69, 9.17) is 0 Å². The fourth-order valence-electron chi connectivity index (χ4n) is 8.63. The molecule has 8 bridgehead atoms. The van der Waals surface area contributed by atoms with Gasteiger partial charge in [-0.05, 0) is 67.6 Å². The Morgan fingerprint density at radius 2 is 1.65 bits per heavy atom. The predicted octanol–water partition coefficient (Wildman–Crippen LogP) is 3.06. The van der Waals surface area contributed by atoms with Crippen molar-refractivity contribution >= 4 is 5.97 Å². The second-order valence-electron chi connectivity index (χ2n) is 9.23. The predicted molar refractivity (Wildman–Crippen MR) is 82.1 cm³/mol. The normalized spacial score (nSPS) is 56.0. The Balaban J connectivity index is 1.63. The highest BCUT2D eigenvalue weighted by Crippen LogP contribution is 2.75. The Kier molecular flexibility index (Phi) is 2.65. The van der Waals surface area contributed by atoms with Crippen molar-refractivity contribution in [2.24, 2.45) is 53.3 Å². The number of nitrogens with zero attached hydrogens (tertiary/aromatic N) is 1. The zero-order valence-electron chi connectivity index (χ0n) is 13.6. The summed E-state index contributed by atoms with van der Waals surface area (Å²) in [4.78, 5) is 23.7. The third kappa shape index (κ3) is 1.48. The van der Waals surface area contributed by atoms with E-state index in [-0.39, 0.29) is 29.1 Å². The van der Waals surface area contributed by atoms with Crippen molar-refractivity contribution in [2.75, 3.05) is 0 Å². The zero-order chi connectivity index (χ0) is 16.1. The number of aliphatic carboxylic acids is 1. The minimum Gasteiger partial charge on any atom is -0.481 e. The van der Waals surface area contributed by atoms with Crippen LogP contribution in [0, 0.1) is 63.4 Å². The molecule has 0 amide bonds. The molecule has 0 radical (unpaired) electrons. The lowest BCUT2D eigenvalue weighted by Gasteiger charge is -2.72. The number of hydrogen-bond acceptors (Lipinski definition) is 3. The van der Waals surface area contributed by atoms with Crippen LogP contribution in [0.1, 0.15) is 45.4 Å². The van der Waals surface area contributed by atoms with E-state index in [1.807, 2.05) is 6.92 Å². The third-order valence-corrected chi connectivity index (χ3v) is 8.83. The zero-order valence-corrected chi connectivity index (χ0v) is 13.6. The highest BCUT2D eigenvalue weighted by Gasteiger charge is 2.77. The molecule has 5 nitrogen and oxygen atoms in total. The largest absolute Gasteiger partial charge is 0.481 e. The lowest BCUT2D eigenvalue weighted by molar-refractivity contribution is -0.625. The highest BCUT2D eigenvalue weighted by molar-refractivity contribution is 5.67. The third-order valence-electron chi connectivity index (χ3n) is 8.83. The molecule has 7 saturated carbocycles. The van der Waals surface area contributed by atoms with Crippen LogP contribution in [0.2, 0.25) is 0 Å². The quantitative estimate of drug-likeness (QED) is 0.638. The molecule has 6 unspecified atom stereocenters. The summed E-state index contributed by atoms with van der Waals surface area (Å²) >= 11 is 0. The van der Waals surface area contributed by atoms with E-state index < -0.39 is 11.5 Å². The summed E-state index contributed by atoms with van der Waals surface area (Å²) in [6.45, 7) is 1.84. The SMILES string of the molecule is CC(CC(=O)O)C1([N+](=O)[O-])C2CC3C4CC5CC3C1C(C5)C4C2. The lowest BCUT2D eigenvalue weighted by Crippen LogP contribution is -2.75. The van der Waals surface area contributed by atoms with Crippen molar-refractivity contribution in [3.63, 3.8) is 0 Å². The molecule has 0 aliphatic heterocycles. The van der Waals surface area contributed by atoms with Gasteiger partial charge in [0.1, 0.15) is 0 Å². The number of carbonyl (C=O) groups is 1. The van der Waals surface area contributed by atoms with Gasteiger partial charge in [-0.1, -0.05) is 6.92 Å². The van der Waals surface area contributed by atoms with Gasteiger partial charge < -0.3 is 5.11 Å². The molecule has 0 aromatic rings. The van der Waals surface area contributed by atoms with Crippen LogP contribution in [-0.4, -0.2) is 21.5 Å². The van der Waals surface area contributed by atoms with Crippen LogP contribution in [0.3, 0.4) is 0 Å². The van der Waals surface area contributed by atoms with E-state index in [1.54, 1.807) is 0 Å². The van der Waals surface area contributed by atoms with Crippen molar-refractivity contribution in [2.45, 2.75) is 51.0 Å². The molecule has 7 rings (SSSR count). The number of hydrogen-bond donors (Lipinski definition) is 1. The summed E-state index contributed by atoms with van der Waals surface area (Å²) < 4.78 is 0. The van der Waals surface area contributed by atoms with Gasteiger partial charge in [0, 0.05) is 22.7 Å². The van der Waals surface area contributed by atoms with Gasteiger partial charge in [0.15, 0.2) is 0 Å². The van der Waals surface area contributed by atoms with Crippen LogP contribution < -0.4 is 0 Å². The Labute approximate surface area is 136 Å². The Morgan fingerprint density at radius 3 is 2.17 bits per heavy atom. The molecule has 7 aliphatic carbocycles.